The molecule has 4 saturated carbocycles. The molecule has 0 bridgehead atoms. The van der Waals surface area contributed by atoms with Crippen LogP contribution in [0, 0.1) is 40.4 Å². The maximum absolute atomic E-state index is 12.5. The second-order valence-electron chi connectivity index (χ2n) is 9.63. The molecule has 0 spiro atoms. The van der Waals surface area contributed by atoms with Gasteiger partial charge in [0.25, 0.3) is 0 Å². The molecule has 0 aliphatic heterocycles. The maximum Gasteiger partial charge on any atom is 0.142 e. The van der Waals surface area contributed by atoms with Gasteiger partial charge in [-0.2, -0.15) is 0 Å². The van der Waals surface area contributed by atoms with Crippen LogP contribution in [0.25, 0.3) is 0 Å². The van der Waals surface area contributed by atoms with E-state index in [0.29, 0.717) is 34.9 Å². The largest absolute Gasteiger partial charge is 0.303 e. The second kappa shape index (κ2) is 5.54. The van der Waals surface area contributed by atoms with Crippen LogP contribution in [0.4, 0.5) is 0 Å². The first kappa shape index (κ1) is 16.5. The van der Waals surface area contributed by atoms with Crippen LogP contribution in [0.2, 0.25) is 0 Å². The number of hydrogen-bond donors (Lipinski definition) is 0. The molecule has 0 aromatic heterocycles. The molecule has 4 fully saturated rings. The number of Topliss-reactive ketones (excluding diaryl/α,β-unsaturated/α-hetero) is 1. The third kappa shape index (κ3) is 2.21. The highest BCUT2D eigenvalue weighted by molar-refractivity contribution is 5.92. The molecule has 4 aliphatic carbocycles. The molecule has 4 rings (SSSR count). The van der Waals surface area contributed by atoms with Crippen LogP contribution >= 0.6 is 0 Å². The molecule has 4 aliphatic rings. The van der Waals surface area contributed by atoms with Crippen LogP contribution in [0.1, 0.15) is 72.1 Å². The van der Waals surface area contributed by atoms with Crippen molar-refractivity contribution in [2.45, 2.75) is 72.1 Å². The Hall–Kier alpha value is -0.920. The van der Waals surface area contributed by atoms with Gasteiger partial charge in [0.1, 0.15) is 12.1 Å². The molecule has 0 saturated heterocycles. The summed E-state index contributed by atoms with van der Waals surface area (Å²) >= 11 is 0. The summed E-state index contributed by atoms with van der Waals surface area (Å²) < 4.78 is 0. The first-order valence-corrected chi connectivity index (χ1v) is 10.1. The topological polar surface area (TPSA) is 34.1 Å². The van der Waals surface area contributed by atoms with Gasteiger partial charge in [0.15, 0.2) is 0 Å². The van der Waals surface area contributed by atoms with E-state index in [0.717, 1.165) is 19.3 Å². The highest BCUT2D eigenvalue weighted by Crippen LogP contribution is 2.66. The Labute approximate surface area is 146 Å². The minimum atomic E-state index is 0.0361. The number of allylic oxidation sites excluding steroid dienone is 2. The van der Waals surface area contributed by atoms with Crippen molar-refractivity contribution in [2.24, 2.45) is 40.4 Å². The molecular weight excluding hydrogens is 296 g/mol. The first-order valence-electron chi connectivity index (χ1n) is 10.1. The lowest BCUT2D eigenvalue weighted by atomic mass is 9.61. The molecule has 24 heavy (non-hydrogen) atoms. The highest BCUT2D eigenvalue weighted by atomic mass is 16.1. The van der Waals surface area contributed by atoms with Gasteiger partial charge in [-0.3, -0.25) is 4.79 Å². The fourth-order valence-corrected chi connectivity index (χ4v) is 6.96. The number of carbonyl (C=O) groups is 2. The predicted octanol–water partition coefficient (Wildman–Crippen LogP) is 4.97. The average Bonchev–Trinajstić information content (AvgIpc) is 3.05. The Bertz CT molecular complexity index is 591. The van der Waals surface area contributed by atoms with E-state index in [2.05, 4.69) is 26.8 Å². The van der Waals surface area contributed by atoms with Crippen LogP contribution in [-0.2, 0) is 9.59 Å². The van der Waals surface area contributed by atoms with Crippen LogP contribution in [0.3, 0.4) is 0 Å². The van der Waals surface area contributed by atoms with E-state index in [1.807, 2.05) is 0 Å². The Balaban J connectivity index is 1.53. The van der Waals surface area contributed by atoms with Gasteiger partial charge in [0.05, 0.1) is 0 Å². The normalized spacial score (nSPS) is 49.8. The van der Waals surface area contributed by atoms with Crippen molar-refractivity contribution >= 4 is 12.1 Å². The lowest BCUT2D eigenvalue weighted by molar-refractivity contribution is -0.125. The fourth-order valence-electron chi connectivity index (χ4n) is 6.96. The molecule has 7 atom stereocenters. The summed E-state index contributed by atoms with van der Waals surface area (Å²) in [6, 6.07) is 0. The van der Waals surface area contributed by atoms with Gasteiger partial charge in [-0.05, 0) is 74.5 Å². The third-order valence-corrected chi connectivity index (χ3v) is 8.42. The molecule has 0 aromatic carbocycles. The minimum absolute atomic E-state index is 0.0361. The van der Waals surface area contributed by atoms with Crippen molar-refractivity contribution in [1.82, 2.24) is 0 Å². The van der Waals surface area contributed by atoms with Crippen LogP contribution < -0.4 is 0 Å². The molecule has 7 unspecified atom stereocenters. The van der Waals surface area contributed by atoms with Crippen molar-refractivity contribution in [3.63, 3.8) is 0 Å². The monoisotopic (exact) mass is 328 g/mol. The Morgan fingerprint density at radius 2 is 2.12 bits per heavy atom. The Morgan fingerprint density at radius 3 is 2.79 bits per heavy atom. The van der Waals surface area contributed by atoms with Gasteiger partial charge < -0.3 is 4.79 Å². The SMILES string of the molecule is CC1CC2CC2(CC=C2CCCC3(C)C2CCC3C(C)C=O)C1=O. The quantitative estimate of drug-likeness (QED) is 0.539. The van der Waals surface area contributed by atoms with Crippen LogP contribution in [0.5, 0.6) is 0 Å². The van der Waals surface area contributed by atoms with Gasteiger partial charge in [-0.15, -0.1) is 0 Å². The summed E-state index contributed by atoms with van der Waals surface area (Å²) in [5, 5.41) is 0. The summed E-state index contributed by atoms with van der Waals surface area (Å²) in [5.41, 5.74) is 1.96. The van der Waals surface area contributed by atoms with Gasteiger partial charge in [-0.25, -0.2) is 0 Å². The zero-order chi connectivity index (χ0) is 17.1. The summed E-state index contributed by atoms with van der Waals surface area (Å²) in [5.74, 6) is 2.90. The zero-order valence-electron chi connectivity index (χ0n) is 15.5. The van der Waals surface area contributed by atoms with E-state index in [4.69, 9.17) is 0 Å². The molecule has 0 heterocycles. The fraction of sp³-hybridized carbons (Fsp3) is 0.818. The number of hydrogen-bond acceptors (Lipinski definition) is 2. The molecule has 0 radical (unpaired) electrons. The lowest BCUT2D eigenvalue weighted by Crippen LogP contribution is -2.36. The number of carbonyl (C=O) groups excluding carboxylic acids is 2. The van der Waals surface area contributed by atoms with Gasteiger partial charge in [0.2, 0.25) is 0 Å². The first-order chi connectivity index (χ1) is 11.4. The number of aldehydes is 1. The van der Waals surface area contributed by atoms with E-state index >= 15 is 0 Å². The van der Waals surface area contributed by atoms with Gasteiger partial charge in [-0.1, -0.05) is 32.4 Å². The van der Waals surface area contributed by atoms with Crippen LogP contribution in [0.15, 0.2) is 11.6 Å². The van der Waals surface area contributed by atoms with Crippen LogP contribution in [-0.4, -0.2) is 12.1 Å². The smallest absolute Gasteiger partial charge is 0.142 e. The number of fused-ring (bicyclic) bond motifs is 2. The van der Waals surface area contributed by atoms with E-state index in [9.17, 15) is 9.59 Å². The Kier molecular flexibility index (Phi) is 3.82. The van der Waals surface area contributed by atoms with E-state index < -0.39 is 0 Å². The molecule has 132 valence electrons. The molecule has 0 amide bonds. The molecule has 2 heteroatoms. The van der Waals surface area contributed by atoms with E-state index in [1.165, 1.54) is 38.4 Å². The van der Waals surface area contributed by atoms with Crippen molar-refractivity contribution < 1.29 is 9.59 Å². The average molecular weight is 328 g/mol. The third-order valence-electron chi connectivity index (χ3n) is 8.42. The highest BCUT2D eigenvalue weighted by Gasteiger charge is 2.64. The molecular formula is C22H32O2. The van der Waals surface area contributed by atoms with Crippen molar-refractivity contribution in [1.29, 1.82) is 0 Å². The number of ketones is 1. The van der Waals surface area contributed by atoms with Crippen molar-refractivity contribution in [3.05, 3.63) is 11.6 Å². The molecule has 2 nitrogen and oxygen atoms in total. The minimum Gasteiger partial charge on any atom is -0.303 e. The Morgan fingerprint density at radius 1 is 1.33 bits per heavy atom. The van der Waals surface area contributed by atoms with E-state index in [-0.39, 0.29) is 11.3 Å². The van der Waals surface area contributed by atoms with Gasteiger partial charge >= 0.3 is 0 Å². The van der Waals surface area contributed by atoms with Gasteiger partial charge in [0, 0.05) is 17.3 Å². The molecule has 0 aromatic rings. The summed E-state index contributed by atoms with van der Waals surface area (Å²) in [6.07, 6.45) is 13.1. The second-order valence-corrected chi connectivity index (χ2v) is 9.63. The van der Waals surface area contributed by atoms with E-state index in [1.54, 1.807) is 5.57 Å². The lowest BCUT2D eigenvalue weighted by Gasteiger charge is -2.43. The van der Waals surface area contributed by atoms with Crippen molar-refractivity contribution in [3.8, 4) is 0 Å². The maximum atomic E-state index is 12.5. The summed E-state index contributed by atoms with van der Waals surface area (Å²) in [7, 11) is 0. The predicted molar refractivity (Wildman–Crippen MR) is 95.4 cm³/mol. The zero-order valence-corrected chi connectivity index (χ0v) is 15.5. The summed E-state index contributed by atoms with van der Waals surface area (Å²) in [4.78, 5) is 23.9. The van der Waals surface area contributed by atoms with Crippen molar-refractivity contribution in [2.75, 3.05) is 0 Å². The number of rotatable bonds is 4. The molecule has 0 N–H and O–H groups in total. The standard InChI is InChI=1S/C22H32O2/c1-14-11-17-12-22(17,20(14)24)10-8-16-5-4-9-21(3)18(15(2)13-23)6-7-19(16)21/h8,13-15,17-19H,4-7,9-12H2,1-3H3. The summed E-state index contributed by atoms with van der Waals surface area (Å²) in [6.45, 7) is 6.66.